The molecule has 30 heavy (non-hydrogen) atoms. The zero-order valence-corrected chi connectivity index (χ0v) is 16.3. The first-order valence-corrected chi connectivity index (χ1v) is 9.90. The van der Waals surface area contributed by atoms with Gasteiger partial charge in [0.1, 0.15) is 24.1 Å². The summed E-state index contributed by atoms with van der Waals surface area (Å²) in [6.45, 7) is 2.97. The van der Waals surface area contributed by atoms with Gasteiger partial charge in [0.2, 0.25) is 5.88 Å². The second-order valence-electron chi connectivity index (χ2n) is 8.11. The van der Waals surface area contributed by atoms with E-state index < -0.39 is 5.82 Å². The highest BCUT2D eigenvalue weighted by Crippen LogP contribution is 2.50. The maximum Gasteiger partial charge on any atom is 0.256 e. The van der Waals surface area contributed by atoms with Crippen molar-refractivity contribution in [3.8, 4) is 11.6 Å². The fourth-order valence-electron chi connectivity index (χ4n) is 4.08. The number of fused-ring (bicyclic) bond motifs is 2. The molecule has 1 aliphatic carbocycles. The van der Waals surface area contributed by atoms with Gasteiger partial charge < -0.3 is 19.7 Å². The molecule has 1 atom stereocenters. The zero-order chi connectivity index (χ0) is 20.5. The predicted molar refractivity (Wildman–Crippen MR) is 103 cm³/mol. The van der Waals surface area contributed by atoms with E-state index >= 15 is 0 Å². The summed E-state index contributed by atoms with van der Waals surface area (Å²) in [5, 5.41) is 7.11. The first-order chi connectivity index (χ1) is 14.5. The summed E-state index contributed by atoms with van der Waals surface area (Å²) in [6.07, 6.45) is 5.91. The van der Waals surface area contributed by atoms with Gasteiger partial charge in [-0.1, -0.05) is 0 Å². The summed E-state index contributed by atoms with van der Waals surface area (Å²) >= 11 is 0. The monoisotopic (exact) mass is 410 g/mol. The number of nitrogens with one attached hydrogen (secondary N) is 1. The van der Waals surface area contributed by atoms with Crippen molar-refractivity contribution in [3.05, 3.63) is 41.6 Å². The number of carbonyl (C=O) groups is 1. The Bertz CT molecular complexity index is 1190. The second-order valence-corrected chi connectivity index (χ2v) is 8.11. The number of hydrogen-bond donors (Lipinski definition) is 1. The molecule has 2 bridgehead atoms. The van der Waals surface area contributed by atoms with Gasteiger partial charge in [0.15, 0.2) is 17.2 Å². The molecule has 1 amide bonds. The van der Waals surface area contributed by atoms with Crippen molar-refractivity contribution < 1.29 is 18.7 Å². The zero-order valence-electron chi connectivity index (χ0n) is 16.3. The van der Waals surface area contributed by atoms with Crippen molar-refractivity contribution in [2.75, 3.05) is 18.1 Å². The lowest BCUT2D eigenvalue weighted by Crippen LogP contribution is -2.45. The smallest absolute Gasteiger partial charge is 0.256 e. The normalized spacial score (nSPS) is 21.7. The number of nitrogens with zero attached hydrogens (tertiary/aromatic N) is 5. The lowest BCUT2D eigenvalue weighted by Gasteiger charge is -2.38. The molecule has 1 fully saturated rings. The molecule has 9 nitrogen and oxygen atoms in total. The summed E-state index contributed by atoms with van der Waals surface area (Å²) in [4.78, 5) is 23.8. The van der Waals surface area contributed by atoms with Crippen LogP contribution in [0.15, 0.2) is 24.7 Å². The van der Waals surface area contributed by atoms with E-state index in [-0.39, 0.29) is 24.1 Å². The molecular weight excluding hydrogens is 391 g/mol. The Morgan fingerprint density at radius 3 is 3.03 bits per heavy atom. The third kappa shape index (κ3) is 2.59. The van der Waals surface area contributed by atoms with Crippen molar-refractivity contribution in [1.29, 1.82) is 0 Å². The van der Waals surface area contributed by atoms with Crippen LogP contribution in [-0.2, 0) is 6.54 Å². The van der Waals surface area contributed by atoms with Gasteiger partial charge in [-0.25, -0.2) is 18.9 Å². The molecule has 1 N–H and O–H groups in total. The standard InChI is InChI=1S/C20H19FN6O3/c1-11-5-22-18(28)14-7-24-27-9-15-17(25-16(14)27)26(20(2-3-20)10-29-15)8-12-4-13(21)6-23-19(12)30-11/h4,6-7,9,11H,2-3,5,8,10H2,1H3,(H,22,28)/t11-/m0/s1. The van der Waals surface area contributed by atoms with Crippen LogP contribution in [0.3, 0.4) is 0 Å². The number of pyridine rings is 1. The average Bonchev–Trinajstić information content (AvgIpc) is 3.39. The molecule has 5 heterocycles. The minimum absolute atomic E-state index is 0.198. The summed E-state index contributed by atoms with van der Waals surface area (Å²) in [5.41, 5.74) is 1.25. The van der Waals surface area contributed by atoms with E-state index in [9.17, 15) is 9.18 Å². The van der Waals surface area contributed by atoms with E-state index in [1.54, 1.807) is 10.7 Å². The highest BCUT2D eigenvalue weighted by atomic mass is 19.1. The topological polar surface area (TPSA) is 93.9 Å². The van der Waals surface area contributed by atoms with E-state index in [0.717, 1.165) is 19.0 Å². The number of amides is 1. The number of hydrogen-bond acceptors (Lipinski definition) is 7. The highest BCUT2D eigenvalue weighted by molar-refractivity contribution is 5.99. The Labute approximate surface area is 170 Å². The van der Waals surface area contributed by atoms with Gasteiger partial charge in [-0.15, -0.1) is 0 Å². The molecule has 0 radical (unpaired) electrons. The highest BCUT2D eigenvalue weighted by Gasteiger charge is 2.53. The molecule has 10 heteroatoms. The molecule has 1 spiro atoms. The summed E-state index contributed by atoms with van der Waals surface area (Å²) in [6, 6.07) is 1.45. The second kappa shape index (κ2) is 6.04. The van der Waals surface area contributed by atoms with Crippen molar-refractivity contribution in [1.82, 2.24) is 24.9 Å². The van der Waals surface area contributed by atoms with E-state index in [1.165, 1.54) is 12.3 Å². The minimum atomic E-state index is -0.428. The van der Waals surface area contributed by atoms with Crippen LogP contribution in [-0.4, -0.2) is 50.3 Å². The molecule has 3 aromatic heterocycles. The maximum atomic E-state index is 14.1. The molecule has 6 rings (SSSR count). The average molecular weight is 410 g/mol. The van der Waals surface area contributed by atoms with Crippen LogP contribution in [0.2, 0.25) is 0 Å². The van der Waals surface area contributed by atoms with Crippen LogP contribution in [0.5, 0.6) is 11.6 Å². The fourth-order valence-corrected chi connectivity index (χ4v) is 4.08. The Morgan fingerprint density at radius 2 is 2.20 bits per heavy atom. The van der Waals surface area contributed by atoms with Crippen molar-refractivity contribution in [2.24, 2.45) is 0 Å². The quantitative estimate of drug-likeness (QED) is 0.603. The number of halogens is 1. The Balaban J connectivity index is 1.56. The Kier molecular flexibility index (Phi) is 3.51. The van der Waals surface area contributed by atoms with E-state index in [4.69, 9.17) is 14.5 Å². The summed E-state index contributed by atoms with van der Waals surface area (Å²) in [7, 11) is 0. The van der Waals surface area contributed by atoms with Crippen LogP contribution >= 0.6 is 0 Å². The third-order valence-electron chi connectivity index (χ3n) is 5.92. The Hall–Kier alpha value is -3.43. The third-order valence-corrected chi connectivity index (χ3v) is 5.92. The minimum Gasteiger partial charge on any atom is -0.486 e. The van der Waals surface area contributed by atoms with Gasteiger partial charge in [-0.2, -0.15) is 5.10 Å². The largest absolute Gasteiger partial charge is 0.486 e. The number of rotatable bonds is 0. The number of ether oxygens (including phenoxy) is 2. The molecule has 0 aromatic carbocycles. The molecule has 3 aromatic rings. The van der Waals surface area contributed by atoms with Gasteiger partial charge in [0.25, 0.3) is 5.91 Å². The van der Waals surface area contributed by atoms with Crippen LogP contribution in [0.4, 0.5) is 10.2 Å². The van der Waals surface area contributed by atoms with Crippen LogP contribution < -0.4 is 19.7 Å². The predicted octanol–water partition coefficient (Wildman–Crippen LogP) is 1.71. The van der Waals surface area contributed by atoms with Crippen molar-refractivity contribution >= 4 is 17.4 Å². The van der Waals surface area contributed by atoms with Crippen LogP contribution in [0.1, 0.15) is 35.7 Å². The maximum absolute atomic E-state index is 14.1. The molecular formula is C20H19FN6O3. The molecule has 0 saturated heterocycles. The summed E-state index contributed by atoms with van der Waals surface area (Å²) < 4.78 is 27.6. The Morgan fingerprint density at radius 1 is 1.33 bits per heavy atom. The molecule has 0 unspecified atom stereocenters. The first kappa shape index (κ1) is 17.4. The SMILES string of the molecule is C[C@H]1CNC(=O)c2cnn3cc4c(nc23)N(Cc2cc(F)cnc2O1)C1(CC1)CO4. The van der Waals surface area contributed by atoms with Gasteiger partial charge in [0.05, 0.1) is 37.2 Å². The first-order valence-electron chi connectivity index (χ1n) is 9.90. The number of carbonyl (C=O) groups excluding carboxylic acids is 1. The van der Waals surface area contributed by atoms with Crippen LogP contribution in [0, 0.1) is 5.82 Å². The van der Waals surface area contributed by atoms with E-state index in [2.05, 4.69) is 20.3 Å². The van der Waals surface area contributed by atoms with Crippen molar-refractivity contribution in [3.63, 3.8) is 0 Å². The van der Waals surface area contributed by atoms with Gasteiger partial charge in [-0.3, -0.25) is 4.79 Å². The van der Waals surface area contributed by atoms with E-state index in [0.29, 0.717) is 47.4 Å². The van der Waals surface area contributed by atoms with Gasteiger partial charge in [0, 0.05) is 5.56 Å². The van der Waals surface area contributed by atoms with Gasteiger partial charge in [-0.05, 0) is 25.8 Å². The molecule has 154 valence electrons. The van der Waals surface area contributed by atoms with Crippen LogP contribution in [0.25, 0.3) is 5.65 Å². The lowest BCUT2D eigenvalue weighted by atomic mass is 10.1. The molecule has 1 saturated carbocycles. The molecule has 3 aliphatic rings. The molecule has 2 aliphatic heterocycles. The van der Waals surface area contributed by atoms with E-state index in [1.807, 2.05) is 6.92 Å². The number of anilines is 1. The van der Waals surface area contributed by atoms with Crippen molar-refractivity contribution in [2.45, 2.75) is 38.0 Å². The van der Waals surface area contributed by atoms with Gasteiger partial charge >= 0.3 is 0 Å². The summed E-state index contributed by atoms with van der Waals surface area (Å²) in [5.74, 6) is 0.824. The number of aromatic nitrogens is 4. The lowest BCUT2D eigenvalue weighted by molar-refractivity contribution is 0.0932. The fraction of sp³-hybridized carbons (Fsp3) is 0.400.